The Morgan fingerprint density at radius 2 is 1.52 bits per heavy atom. The Morgan fingerprint density at radius 1 is 0.871 bits per heavy atom. The summed E-state index contributed by atoms with van der Waals surface area (Å²) in [7, 11) is -2.22. The van der Waals surface area contributed by atoms with E-state index in [2.05, 4.69) is 29.1 Å². The fourth-order valence-corrected chi connectivity index (χ4v) is 5.79. The minimum absolute atomic E-state index is 0.137. The fraction of sp³-hybridized carbons (Fsp3) is 0.160. The Balaban J connectivity index is 1.61. The summed E-state index contributed by atoms with van der Waals surface area (Å²) in [5.41, 5.74) is 4.59. The van der Waals surface area contributed by atoms with Gasteiger partial charge in [-0.2, -0.15) is 0 Å². The van der Waals surface area contributed by atoms with Crippen molar-refractivity contribution in [2.24, 2.45) is 7.05 Å². The molecule has 0 amide bonds. The van der Waals surface area contributed by atoms with Crippen molar-refractivity contribution in [3.63, 3.8) is 0 Å². The molecule has 0 atom stereocenters. The third kappa shape index (κ3) is 3.33. The van der Waals surface area contributed by atoms with Crippen molar-refractivity contribution in [3.8, 4) is 11.3 Å². The van der Waals surface area contributed by atoms with Gasteiger partial charge in [-0.25, -0.2) is 8.42 Å². The van der Waals surface area contributed by atoms with Crippen LogP contribution in [0.3, 0.4) is 0 Å². The molecule has 5 nitrogen and oxygen atoms in total. The Hall–Kier alpha value is -3.38. The predicted octanol–water partition coefficient (Wildman–Crippen LogP) is 3.83. The van der Waals surface area contributed by atoms with Crippen molar-refractivity contribution < 1.29 is 8.42 Å². The van der Waals surface area contributed by atoms with Crippen LogP contribution in [0.2, 0.25) is 0 Å². The topological polar surface area (TPSA) is 61.1 Å². The highest BCUT2D eigenvalue weighted by atomic mass is 32.2. The van der Waals surface area contributed by atoms with Gasteiger partial charge in [0.25, 0.3) is 5.56 Å². The maximum Gasteiger partial charge on any atom is 0.269 e. The maximum atomic E-state index is 13.1. The summed E-state index contributed by atoms with van der Waals surface area (Å²) in [5.74, 6) is 0. The molecule has 0 unspecified atom stereocenters. The van der Waals surface area contributed by atoms with E-state index in [-0.39, 0.29) is 9.79 Å². The number of nitrogens with zero attached hydrogens (tertiary/aromatic N) is 2. The number of rotatable bonds is 4. The van der Waals surface area contributed by atoms with Gasteiger partial charge in [0.2, 0.25) is 9.84 Å². The first-order valence-corrected chi connectivity index (χ1v) is 11.7. The number of benzene rings is 2. The second-order valence-corrected chi connectivity index (χ2v) is 9.84. The Bertz CT molecular complexity index is 1430. The molecule has 0 radical (unpaired) electrons. The molecule has 156 valence electrons. The molecule has 0 saturated carbocycles. The summed E-state index contributed by atoms with van der Waals surface area (Å²) in [5, 5.41) is 0. The Morgan fingerprint density at radius 3 is 2.23 bits per heavy atom. The number of pyridine rings is 1. The van der Waals surface area contributed by atoms with Gasteiger partial charge in [0.05, 0.1) is 10.6 Å². The predicted molar refractivity (Wildman–Crippen MR) is 120 cm³/mol. The molecule has 2 aromatic heterocycles. The number of aromatic nitrogens is 2. The Kier molecular flexibility index (Phi) is 4.67. The lowest BCUT2D eigenvalue weighted by Gasteiger charge is -2.20. The van der Waals surface area contributed by atoms with Crippen molar-refractivity contribution in [2.75, 3.05) is 0 Å². The van der Waals surface area contributed by atoms with Gasteiger partial charge in [0, 0.05) is 31.5 Å². The third-order valence-corrected chi connectivity index (χ3v) is 7.66. The van der Waals surface area contributed by atoms with E-state index in [1.807, 2.05) is 18.2 Å². The number of fused-ring (bicyclic) bond motifs is 3. The summed E-state index contributed by atoms with van der Waals surface area (Å²) in [4.78, 5) is 13.1. The summed E-state index contributed by atoms with van der Waals surface area (Å²) >= 11 is 0. The van der Waals surface area contributed by atoms with Crippen molar-refractivity contribution in [3.05, 3.63) is 106 Å². The number of sulfone groups is 1. The molecule has 0 saturated heterocycles. The van der Waals surface area contributed by atoms with Crippen LogP contribution >= 0.6 is 0 Å². The molecule has 0 fully saturated rings. The quantitative estimate of drug-likeness (QED) is 0.494. The van der Waals surface area contributed by atoms with E-state index in [9.17, 15) is 13.2 Å². The average Bonchev–Trinajstić information content (AvgIpc) is 3.19. The molecule has 31 heavy (non-hydrogen) atoms. The first-order valence-electron chi connectivity index (χ1n) is 10.2. The molecule has 2 heterocycles. The van der Waals surface area contributed by atoms with Gasteiger partial charge in [0.1, 0.15) is 4.90 Å². The number of hydrogen-bond donors (Lipinski definition) is 0. The second kappa shape index (κ2) is 7.39. The van der Waals surface area contributed by atoms with E-state index >= 15 is 0 Å². The number of aryl methyl sites for hydroxylation is 2. The van der Waals surface area contributed by atoms with E-state index in [0.717, 1.165) is 29.8 Å². The fourth-order valence-electron chi connectivity index (χ4n) is 4.36. The molecule has 5 rings (SSSR count). The van der Waals surface area contributed by atoms with Gasteiger partial charge in [-0.15, -0.1) is 0 Å². The highest BCUT2D eigenvalue weighted by Crippen LogP contribution is 2.35. The summed E-state index contributed by atoms with van der Waals surface area (Å²) < 4.78 is 29.9. The molecule has 1 aliphatic carbocycles. The van der Waals surface area contributed by atoms with Crippen molar-refractivity contribution in [2.45, 2.75) is 29.2 Å². The lowest BCUT2D eigenvalue weighted by atomic mass is 9.92. The molecule has 0 N–H and O–H groups in total. The van der Waals surface area contributed by atoms with E-state index < -0.39 is 15.4 Å². The van der Waals surface area contributed by atoms with Gasteiger partial charge < -0.3 is 9.13 Å². The van der Waals surface area contributed by atoms with Crippen LogP contribution in [0.25, 0.3) is 11.3 Å². The van der Waals surface area contributed by atoms with Gasteiger partial charge in [0.15, 0.2) is 0 Å². The minimum Gasteiger partial charge on any atom is -0.349 e. The van der Waals surface area contributed by atoms with Gasteiger partial charge >= 0.3 is 0 Å². The zero-order chi connectivity index (χ0) is 21.6. The van der Waals surface area contributed by atoms with Crippen molar-refractivity contribution >= 4 is 9.84 Å². The van der Waals surface area contributed by atoms with Gasteiger partial charge in [-0.1, -0.05) is 48.5 Å². The molecule has 0 spiro atoms. The first-order chi connectivity index (χ1) is 14.9. The van der Waals surface area contributed by atoms with Crippen LogP contribution in [0.15, 0.2) is 93.7 Å². The average molecular weight is 431 g/mol. The summed E-state index contributed by atoms with van der Waals surface area (Å²) in [6.45, 7) is 0.748. The smallest absolute Gasteiger partial charge is 0.269 e. The monoisotopic (exact) mass is 430 g/mol. The first kappa shape index (κ1) is 19.6. The van der Waals surface area contributed by atoms with E-state index in [1.165, 1.54) is 27.8 Å². The SMILES string of the molecule is Cn1c2c(cc(S(=O)(=O)c3ccccc3)c1=O)CCc1cn(Cc3ccccc3)cc1-2. The van der Waals surface area contributed by atoms with Gasteiger partial charge in [-0.05, 0) is 47.7 Å². The van der Waals surface area contributed by atoms with E-state index in [1.54, 1.807) is 31.3 Å². The minimum atomic E-state index is -3.88. The van der Waals surface area contributed by atoms with Crippen LogP contribution in [0.4, 0.5) is 0 Å². The van der Waals surface area contributed by atoms with Crippen LogP contribution in [0.1, 0.15) is 16.7 Å². The standard InChI is InChI=1S/C25H22N2O3S/c1-26-24-19(14-23(25(26)28)31(29,30)21-10-6-3-7-11-21)12-13-20-16-27(17-22(20)24)15-18-8-4-2-5-9-18/h2-11,14,16-17H,12-13,15H2,1H3. The third-order valence-electron chi connectivity index (χ3n) is 5.89. The Labute approximate surface area is 181 Å². The molecule has 4 aromatic rings. The molecular formula is C25H22N2O3S. The van der Waals surface area contributed by atoms with Gasteiger partial charge in [-0.3, -0.25) is 4.79 Å². The molecule has 2 aromatic carbocycles. The van der Waals surface area contributed by atoms with Crippen LogP contribution < -0.4 is 5.56 Å². The summed E-state index contributed by atoms with van der Waals surface area (Å²) in [6, 6.07) is 19.9. The molecule has 1 aliphatic rings. The van der Waals surface area contributed by atoms with E-state index in [0.29, 0.717) is 6.42 Å². The van der Waals surface area contributed by atoms with Crippen LogP contribution in [-0.2, 0) is 36.3 Å². The largest absolute Gasteiger partial charge is 0.349 e. The van der Waals surface area contributed by atoms with Crippen LogP contribution in [-0.4, -0.2) is 17.6 Å². The van der Waals surface area contributed by atoms with Crippen LogP contribution in [0, 0.1) is 0 Å². The molecular weight excluding hydrogens is 408 g/mol. The molecule has 0 aliphatic heterocycles. The van der Waals surface area contributed by atoms with E-state index in [4.69, 9.17) is 0 Å². The lowest BCUT2D eigenvalue weighted by molar-refractivity contribution is 0.592. The molecule has 0 bridgehead atoms. The zero-order valence-electron chi connectivity index (χ0n) is 17.2. The van der Waals surface area contributed by atoms with Crippen molar-refractivity contribution in [1.82, 2.24) is 9.13 Å². The highest BCUT2D eigenvalue weighted by molar-refractivity contribution is 7.91. The summed E-state index contributed by atoms with van der Waals surface area (Å²) in [6.07, 6.45) is 5.70. The zero-order valence-corrected chi connectivity index (χ0v) is 18.0. The highest BCUT2D eigenvalue weighted by Gasteiger charge is 2.28. The number of hydrogen-bond acceptors (Lipinski definition) is 3. The second-order valence-electron chi connectivity index (χ2n) is 7.92. The lowest BCUT2D eigenvalue weighted by Crippen LogP contribution is -2.27. The molecule has 6 heteroatoms. The van der Waals surface area contributed by atoms with Crippen LogP contribution in [0.5, 0.6) is 0 Å². The van der Waals surface area contributed by atoms with Crippen molar-refractivity contribution in [1.29, 1.82) is 0 Å². The normalized spacial score (nSPS) is 12.9. The maximum absolute atomic E-state index is 13.1.